The van der Waals surface area contributed by atoms with Crippen LogP contribution in [0.15, 0.2) is 28.7 Å². The highest BCUT2D eigenvalue weighted by Crippen LogP contribution is 2.25. The lowest BCUT2D eigenvalue weighted by atomic mass is 10.3. The van der Waals surface area contributed by atoms with Crippen LogP contribution in [-0.2, 0) is 6.54 Å². The van der Waals surface area contributed by atoms with E-state index in [4.69, 9.17) is 0 Å². The molecule has 5 nitrogen and oxygen atoms in total. The Morgan fingerprint density at radius 1 is 1.40 bits per heavy atom. The van der Waals surface area contributed by atoms with Crippen molar-refractivity contribution >= 4 is 35.0 Å². The Hall–Kier alpha value is -1.60. The van der Waals surface area contributed by atoms with Crippen LogP contribution in [0.4, 0.5) is 5.95 Å². The van der Waals surface area contributed by atoms with Crippen LogP contribution in [0.25, 0.3) is 0 Å². The van der Waals surface area contributed by atoms with Gasteiger partial charge in [-0.2, -0.15) is 0 Å². The summed E-state index contributed by atoms with van der Waals surface area (Å²) in [5.41, 5.74) is 0.881. The first-order chi connectivity index (χ1) is 9.61. The van der Waals surface area contributed by atoms with E-state index in [1.165, 1.54) is 11.3 Å². The predicted molar refractivity (Wildman–Crippen MR) is 83.6 cm³/mol. The third-order valence-corrected chi connectivity index (χ3v) is 4.42. The molecule has 7 heteroatoms. The molecule has 0 fully saturated rings. The summed E-state index contributed by atoms with van der Waals surface area (Å²) in [6, 6.07) is 1.96. The van der Waals surface area contributed by atoms with Gasteiger partial charge >= 0.3 is 0 Å². The topological polar surface area (TPSA) is 58.1 Å². The van der Waals surface area contributed by atoms with Crippen LogP contribution in [0, 0.1) is 0 Å². The molecule has 0 aliphatic rings. The molecule has 0 saturated heterocycles. The Bertz CT molecular complexity index is 580. The maximum Gasteiger partial charge on any atom is 0.262 e. The van der Waals surface area contributed by atoms with Crippen LogP contribution in [0.5, 0.6) is 0 Å². The van der Waals surface area contributed by atoms with E-state index in [-0.39, 0.29) is 5.91 Å². The van der Waals surface area contributed by atoms with Crippen molar-refractivity contribution in [2.75, 3.05) is 25.3 Å². The number of hydrogen-bond donors (Lipinski definition) is 1. The lowest BCUT2D eigenvalue weighted by molar-refractivity contribution is 0.0952. The van der Waals surface area contributed by atoms with Crippen LogP contribution >= 0.6 is 23.1 Å². The summed E-state index contributed by atoms with van der Waals surface area (Å²) in [5, 5.41) is 4.82. The van der Waals surface area contributed by atoms with Crippen LogP contribution < -0.4 is 10.2 Å². The molecule has 0 spiro atoms. The summed E-state index contributed by atoms with van der Waals surface area (Å²) in [6.07, 6.45) is 5.42. The van der Waals surface area contributed by atoms with Gasteiger partial charge in [-0.05, 0) is 17.7 Å². The SMILES string of the molecule is CSc1ccsc1C(=O)NCc1cnc(N(C)C)nc1. The van der Waals surface area contributed by atoms with E-state index >= 15 is 0 Å². The molecule has 0 bridgehead atoms. The zero-order valence-electron chi connectivity index (χ0n) is 11.6. The van der Waals surface area contributed by atoms with E-state index in [0.717, 1.165) is 15.3 Å². The van der Waals surface area contributed by atoms with Crippen LogP contribution in [0.2, 0.25) is 0 Å². The van der Waals surface area contributed by atoms with Crippen molar-refractivity contribution in [2.45, 2.75) is 11.4 Å². The van der Waals surface area contributed by atoms with Crippen molar-refractivity contribution in [3.8, 4) is 0 Å². The third-order valence-electron chi connectivity index (χ3n) is 2.60. The molecular weight excluding hydrogens is 292 g/mol. The summed E-state index contributed by atoms with van der Waals surface area (Å²) < 4.78 is 0. The highest BCUT2D eigenvalue weighted by atomic mass is 32.2. The first-order valence-electron chi connectivity index (χ1n) is 5.99. The number of aromatic nitrogens is 2. The van der Waals surface area contributed by atoms with E-state index in [9.17, 15) is 4.79 Å². The molecule has 0 saturated carbocycles. The van der Waals surface area contributed by atoms with Crippen molar-refractivity contribution in [1.82, 2.24) is 15.3 Å². The van der Waals surface area contributed by atoms with Crippen LogP contribution in [0.1, 0.15) is 15.2 Å². The Kier molecular flexibility index (Phi) is 4.97. The summed E-state index contributed by atoms with van der Waals surface area (Å²) in [4.78, 5) is 24.1. The average Bonchev–Trinajstić information content (AvgIpc) is 2.93. The van der Waals surface area contributed by atoms with Crippen LogP contribution in [-0.4, -0.2) is 36.2 Å². The number of thiophene rings is 1. The van der Waals surface area contributed by atoms with E-state index in [1.54, 1.807) is 24.2 Å². The molecule has 2 heterocycles. The third kappa shape index (κ3) is 3.49. The second kappa shape index (κ2) is 6.71. The van der Waals surface area contributed by atoms with Gasteiger partial charge in [0.1, 0.15) is 4.88 Å². The van der Waals surface area contributed by atoms with E-state index in [0.29, 0.717) is 12.5 Å². The van der Waals surface area contributed by atoms with Gasteiger partial charge in [-0.1, -0.05) is 0 Å². The maximum absolute atomic E-state index is 12.1. The Balaban J connectivity index is 1.96. The molecule has 0 aromatic carbocycles. The lowest BCUT2D eigenvalue weighted by Gasteiger charge is -2.10. The van der Waals surface area contributed by atoms with Crippen molar-refractivity contribution in [2.24, 2.45) is 0 Å². The van der Waals surface area contributed by atoms with E-state index < -0.39 is 0 Å². The van der Waals surface area contributed by atoms with Gasteiger partial charge in [0, 0.05) is 43.5 Å². The number of hydrogen-bond acceptors (Lipinski definition) is 6. The molecule has 1 N–H and O–H groups in total. The standard InChI is InChI=1S/C13H16N4OS2/c1-17(2)13-15-7-9(8-16-13)6-14-12(18)11-10(19-3)4-5-20-11/h4-5,7-8H,6H2,1-3H3,(H,14,18). The number of rotatable bonds is 5. The van der Waals surface area contributed by atoms with Gasteiger partial charge in [-0.15, -0.1) is 23.1 Å². The first kappa shape index (κ1) is 14.8. The van der Waals surface area contributed by atoms with Crippen LogP contribution in [0.3, 0.4) is 0 Å². The molecule has 2 aromatic rings. The molecule has 1 amide bonds. The fourth-order valence-electron chi connectivity index (χ4n) is 1.56. The van der Waals surface area contributed by atoms with Crippen molar-refractivity contribution in [3.05, 3.63) is 34.3 Å². The summed E-state index contributed by atoms with van der Waals surface area (Å²) in [6.45, 7) is 0.429. The molecule has 2 aromatic heterocycles. The minimum Gasteiger partial charge on any atom is -0.347 e. The lowest BCUT2D eigenvalue weighted by Crippen LogP contribution is -2.22. The van der Waals surface area contributed by atoms with Crippen molar-refractivity contribution < 1.29 is 4.79 Å². The van der Waals surface area contributed by atoms with E-state index in [1.807, 2.05) is 36.7 Å². The van der Waals surface area contributed by atoms with Gasteiger partial charge in [0.2, 0.25) is 5.95 Å². The van der Waals surface area contributed by atoms with Gasteiger partial charge in [0.05, 0.1) is 0 Å². The highest BCUT2D eigenvalue weighted by molar-refractivity contribution is 7.98. The summed E-state index contributed by atoms with van der Waals surface area (Å²) in [5.74, 6) is 0.601. The number of amides is 1. The minimum absolute atomic E-state index is 0.0546. The Morgan fingerprint density at radius 3 is 2.70 bits per heavy atom. The molecule has 20 heavy (non-hydrogen) atoms. The molecule has 0 radical (unpaired) electrons. The Morgan fingerprint density at radius 2 is 2.10 bits per heavy atom. The number of thioether (sulfide) groups is 1. The average molecular weight is 308 g/mol. The second-order valence-corrected chi connectivity index (χ2v) is 6.05. The number of nitrogens with zero attached hydrogens (tertiary/aromatic N) is 3. The number of anilines is 1. The van der Waals surface area contributed by atoms with Crippen molar-refractivity contribution in [3.63, 3.8) is 0 Å². The second-order valence-electron chi connectivity index (χ2n) is 4.29. The van der Waals surface area contributed by atoms with Gasteiger partial charge < -0.3 is 10.2 Å². The Labute approximate surface area is 126 Å². The molecule has 0 unspecified atom stereocenters. The highest BCUT2D eigenvalue weighted by Gasteiger charge is 2.12. The molecule has 106 valence electrons. The summed E-state index contributed by atoms with van der Waals surface area (Å²) in [7, 11) is 3.77. The van der Waals surface area contributed by atoms with E-state index in [2.05, 4.69) is 15.3 Å². The molecule has 0 aliphatic carbocycles. The zero-order chi connectivity index (χ0) is 14.5. The first-order valence-corrected chi connectivity index (χ1v) is 8.10. The van der Waals surface area contributed by atoms with Crippen molar-refractivity contribution in [1.29, 1.82) is 0 Å². The minimum atomic E-state index is -0.0546. The quantitative estimate of drug-likeness (QED) is 0.859. The van der Waals surface area contributed by atoms with Gasteiger partial charge in [-0.25, -0.2) is 9.97 Å². The maximum atomic E-state index is 12.1. The zero-order valence-corrected chi connectivity index (χ0v) is 13.2. The molecule has 2 rings (SSSR count). The number of nitrogens with one attached hydrogen (secondary N) is 1. The molecular formula is C13H16N4OS2. The fourth-order valence-corrected chi connectivity index (χ4v) is 3.22. The smallest absolute Gasteiger partial charge is 0.262 e. The molecule has 0 atom stereocenters. The monoisotopic (exact) mass is 308 g/mol. The predicted octanol–water partition coefficient (Wildman–Crippen LogP) is 2.26. The number of carbonyl (C=O) groups is 1. The molecule has 0 aliphatic heterocycles. The fraction of sp³-hybridized carbons (Fsp3) is 0.308. The van der Waals surface area contributed by atoms with Gasteiger partial charge in [-0.3, -0.25) is 4.79 Å². The number of carbonyl (C=O) groups excluding carboxylic acids is 1. The normalized spacial score (nSPS) is 10.3. The summed E-state index contributed by atoms with van der Waals surface area (Å²) >= 11 is 3.03. The van der Waals surface area contributed by atoms with Gasteiger partial charge in [0.15, 0.2) is 0 Å². The largest absolute Gasteiger partial charge is 0.347 e. The van der Waals surface area contributed by atoms with Gasteiger partial charge in [0.25, 0.3) is 5.91 Å².